The number of halogens is 1. The zero-order valence-electron chi connectivity index (χ0n) is 20.6. The molecule has 0 aliphatic carbocycles. The summed E-state index contributed by atoms with van der Waals surface area (Å²) in [6.45, 7) is 7.20. The Morgan fingerprint density at radius 3 is 2.14 bits per heavy atom. The molecule has 1 aromatic carbocycles. The van der Waals surface area contributed by atoms with Gasteiger partial charge in [0.25, 0.3) is 0 Å². The molecule has 3 aliphatic heterocycles. The molecule has 3 saturated heterocycles. The molecule has 1 aromatic heterocycles. The quantitative estimate of drug-likeness (QED) is 0.538. The Balaban J connectivity index is 1.13. The van der Waals surface area contributed by atoms with Crippen LogP contribution in [-0.2, 0) is 14.8 Å². The molecular formula is C24H33FN6O4S. The van der Waals surface area contributed by atoms with E-state index in [9.17, 15) is 12.8 Å². The summed E-state index contributed by atoms with van der Waals surface area (Å²) >= 11 is 0. The van der Waals surface area contributed by atoms with Gasteiger partial charge in [-0.05, 0) is 43.2 Å². The first-order valence-electron chi connectivity index (χ1n) is 12.5. The molecule has 3 aliphatic rings. The summed E-state index contributed by atoms with van der Waals surface area (Å²) in [6, 6.07) is 7.65. The molecule has 0 amide bonds. The first-order chi connectivity index (χ1) is 17.4. The Kier molecular flexibility index (Phi) is 7.56. The highest BCUT2D eigenvalue weighted by Gasteiger charge is 2.30. The zero-order valence-corrected chi connectivity index (χ0v) is 21.4. The van der Waals surface area contributed by atoms with Crippen LogP contribution in [-0.4, -0.2) is 107 Å². The fraction of sp³-hybridized carbons (Fsp3) is 0.583. The van der Waals surface area contributed by atoms with E-state index in [0.717, 1.165) is 63.5 Å². The van der Waals surface area contributed by atoms with Crippen molar-refractivity contribution in [3.8, 4) is 5.75 Å². The van der Waals surface area contributed by atoms with E-state index >= 15 is 0 Å². The maximum atomic E-state index is 14.1. The number of piperazine rings is 2. The third-order valence-corrected chi connectivity index (χ3v) is 9.04. The molecule has 5 rings (SSSR count). The summed E-state index contributed by atoms with van der Waals surface area (Å²) < 4.78 is 52.0. The number of methoxy groups -OCH3 is 1. The van der Waals surface area contributed by atoms with Crippen LogP contribution in [0.25, 0.3) is 0 Å². The lowest BCUT2D eigenvalue weighted by molar-refractivity contribution is 0.0712. The number of sulfonamides is 1. The first kappa shape index (κ1) is 25.1. The van der Waals surface area contributed by atoms with Crippen LogP contribution >= 0.6 is 0 Å². The van der Waals surface area contributed by atoms with Gasteiger partial charge in [-0.25, -0.2) is 12.8 Å². The number of hydrogen-bond donors (Lipinski definition) is 0. The van der Waals surface area contributed by atoms with Crippen molar-refractivity contribution in [1.29, 1.82) is 0 Å². The smallest absolute Gasteiger partial charge is 0.243 e. The lowest BCUT2D eigenvalue weighted by Crippen LogP contribution is -2.49. The summed E-state index contributed by atoms with van der Waals surface area (Å²) in [7, 11) is -2.45. The summed E-state index contributed by atoms with van der Waals surface area (Å²) in [5, 5.41) is 8.88. The van der Waals surface area contributed by atoms with Gasteiger partial charge >= 0.3 is 0 Å². The van der Waals surface area contributed by atoms with Crippen LogP contribution in [0.4, 0.5) is 16.0 Å². The molecule has 0 spiro atoms. The highest BCUT2D eigenvalue weighted by molar-refractivity contribution is 7.89. The van der Waals surface area contributed by atoms with Crippen LogP contribution in [0, 0.1) is 5.82 Å². The average molecular weight is 521 g/mol. The summed E-state index contributed by atoms with van der Waals surface area (Å²) in [6.07, 6.45) is 2.71. The third-order valence-electron chi connectivity index (χ3n) is 7.14. The number of rotatable bonds is 7. The van der Waals surface area contributed by atoms with E-state index in [1.807, 2.05) is 17.0 Å². The molecule has 12 heteroatoms. The molecular weight excluding hydrogens is 487 g/mol. The van der Waals surface area contributed by atoms with E-state index in [2.05, 4.69) is 20.0 Å². The van der Waals surface area contributed by atoms with Gasteiger partial charge in [0.2, 0.25) is 10.0 Å². The Hall–Kier alpha value is -2.54. The second kappa shape index (κ2) is 10.8. The maximum absolute atomic E-state index is 14.1. The van der Waals surface area contributed by atoms with Crippen molar-refractivity contribution in [1.82, 2.24) is 19.4 Å². The van der Waals surface area contributed by atoms with E-state index < -0.39 is 15.8 Å². The van der Waals surface area contributed by atoms with Crippen LogP contribution in [0.1, 0.15) is 12.8 Å². The Labute approximate surface area is 211 Å². The zero-order chi connectivity index (χ0) is 25.1. The fourth-order valence-corrected chi connectivity index (χ4v) is 6.44. The van der Waals surface area contributed by atoms with Crippen molar-refractivity contribution < 1.29 is 22.3 Å². The van der Waals surface area contributed by atoms with Gasteiger partial charge < -0.3 is 19.3 Å². The molecule has 196 valence electrons. The Morgan fingerprint density at radius 2 is 1.61 bits per heavy atom. The van der Waals surface area contributed by atoms with Gasteiger partial charge in [-0.3, -0.25) is 4.90 Å². The van der Waals surface area contributed by atoms with Crippen molar-refractivity contribution in [3.63, 3.8) is 0 Å². The summed E-state index contributed by atoms with van der Waals surface area (Å²) in [5.74, 6) is 0.903. The molecule has 0 saturated carbocycles. The normalized spacial score (nSPS) is 22.2. The highest BCUT2D eigenvalue weighted by atomic mass is 32.2. The standard InChI is InChI=1S/C24H33FN6O4S/c1-34-22-5-4-20(17-21(22)25)36(32,33)31-14-12-30(13-15-31)24-7-6-23(26-27-24)29-10-8-28(9-11-29)18-19-3-2-16-35-19/h4-7,17,19H,2-3,8-16,18H2,1H3. The van der Waals surface area contributed by atoms with Gasteiger partial charge in [-0.1, -0.05) is 0 Å². The van der Waals surface area contributed by atoms with Gasteiger partial charge in [-0.15, -0.1) is 10.2 Å². The van der Waals surface area contributed by atoms with Crippen molar-refractivity contribution in [2.24, 2.45) is 0 Å². The van der Waals surface area contributed by atoms with Crippen LogP contribution < -0.4 is 14.5 Å². The van der Waals surface area contributed by atoms with Crippen LogP contribution in [0.2, 0.25) is 0 Å². The van der Waals surface area contributed by atoms with E-state index in [0.29, 0.717) is 19.2 Å². The third kappa shape index (κ3) is 5.41. The first-order valence-corrected chi connectivity index (χ1v) is 13.9. The minimum absolute atomic E-state index is 0.0151. The minimum atomic E-state index is -3.79. The number of aromatic nitrogens is 2. The topological polar surface area (TPSA) is 91.3 Å². The predicted octanol–water partition coefficient (Wildman–Crippen LogP) is 1.44. The highest BCUT2D eigenvalue weighted by Crippen LogP contribution is 2.25. The molecule has 0 N–H and O–H groups in total. The largest absolute Gasteiger partial charge is 0.494 e. The number of hydrogen-bond acceptors (Lipinski definition) is 9. The van der Waals surface area contributed by atoms with Crippen molar-refractivity contribution in [3.05, 3.63) is 36.1 Å². The predicted molar refractivity (Wildman–Crippen MR) is 134 cm³/mol. The van der Waals surface area contributed by atoms with Crippen molar-refractivity contribution in [2.75, 3.05) is 82.4 Å². The Morgan fingerprint density at radius 1 is 0.972 bits per heavy atom. The van der Waals surface area contributed by atoms with Crippen LogP contribution in [0.15, 0.2) is 35.2 Å². The van der Waals surface area contributed by atoms with E-state index in [1.54, 1.807) is 0 Å². The van der Waals surface area contributed by atoms with Gasteiger partial charge in [-0.2, -0.15) is 4.31 Å². The molecule has 0 bridgehead atoms. The molecule has 2 aromatic rings. The number of benzene rings is 1. The van der Waals surface area contributed by atoms with Crippen molar-refractivity contribution in [2.45, 2.75) is 23.8 Å². The van der Waals surface area contributed by atoms with E-state index in [1.165, 1.54) is 30.0 Å². The van der Waals surface area contributed by atoms with Gasteiger partial charge in [0, 0.05) is 65.5 Å². The fourth-order valence-electron chi connectivity index (χ4n) is 5.01. The van der Waals surface area contributed by atoms with Crippen molar-refractivity contribution >= 4 is 21.7 Å². The molecule has 36 heavy (non-hydrogen) atoms. The second-order valence-electron chi connectivity index (χ2n) is 9.36. The SMILES string of the molecule is COc1ccc(S(=O)(=O)N2CCN(c3ccc(N4CCN(CC5CCCO5)CC4)nn3)CC2)cc1F. The summed E-state index contributed by atoms with van der Waals surface area (Å²) in [4.78, 5) is 6.66. The second-order valence-corrected chi connectivity index (χ2v) is 11.3. The number of ether oxygens (including phenoxy) is 2. The molecule has 4 heterocycles. The molecule has 0 radical (unpaired) electrons. The van der Waals surface area contributed by atoms with Gasteiger partial charge in [0.15, 0.2) is 23.2 Å². The van der Waals surface area contributed by atoms with Crippen LogP contribution in [0.5, 0.6) is 5.75 Å². The molecule has 1 atom stereocenters. The maximum Gasteiger partial charge on any atom is 0.243 e. The lowest BCUT2D eigenvalue weighted by atomic mass is 10.2. The lowest BCUT2D eigenvalue weighted by Gasteiger charge is -2.36. The minimum Gasteiger partial charge on any atom is -0.494 e. The van der Waals surface area contributed by atoms with E-state index in [-0.39, 0.29) is 23.7 Å². The number of nitrogens with zero attached hydrogens (tertiary/aromatic N) is 6. The average Bonchev–Trinajstić information content (AvgIpc) is 3.42. The molecule has 3 fully saturated rings. The molecule has 10 nitrogen and oxygen atoms in total. The monoisotopic (exact) mass is 520 g/mol. The Bertz CT molecular complexity index is 1130. The van der Waals surface area contributed by atoms with E-state index in [4.69, 9.17) is 9.47 Å². The van der Waals surface area contributed by atoms with Crippen LogP contribution in [0.3, 0.4) is 0 Å². The van der Waals surface area contributed by atoms with Gasteiger partial charge in [0.05, 0.1) is 18.1 Å². The molecule has 1 unspecified atom stereocenters. The summed E-state index contributed by atoms with van der Waals surface area (Å²) in [5.41, 5.74) is 0. The number of anilines is 2. The van der Waals surface area contributed by atoms with Gasteiger partial charge in [0.1, 0.15) is 0 Å².